The Morgan fingerprint density at radius 1 is 1.25 bits per heavy atom. The quantitative estimate of drug-likeness (QED) is 0.358. The van der Waals surface area contributed by atoms with Crippen molar-refractivity contribution in [3.8, 4) is 5.75 Å². The van der Waals surface area contributed by atoms with E-state index in [0.717, 1.165) is 12.8 Å². The molecule has 0 aliphatic heterocycles. The Balaban J connectivity index is 1.94. The van der Waals surface area contributed by atoms with E-state index in [0.29, 0.717) is 25.0 Å². The van der Waals surface area contributed by atoms with Crippen molar-refractivity contribution in [2.75, 3.05) is 0 Å². The number of ketones is 1. The summed E-state index contributed by atoms with van der Waals surface area (Å²) in [6, 6.07) is 4.62. The summed E-state index contributed by atoms with van der Waals surface area (Å²) in [7, 11) is 0. The number of hydrogen-bond acceptors (Lipinski definition) is 5. The molecule has 0 spiro atoms. The molecule has 1 aliphatic carbocycles. The zero-order valence-electron chi connectivity index (χ0n) is 16.7. The van der Waals surface area contributed by atoms with E-state index in [2.05, 4.69) is 5.32 Å². The fraction of sp³-hybridized carbons (Fsp3) is 0.619. The third-order valence-electron chi connectivity index (χ3n) is 5.21. The molecular formula is C21H30N2O5. The Kier molecular flexibility index (Phi) is 8.42. The first-order valence-corrected chi connectivity index (χ1v) is 10.2. The number of hydrogen-bond donors (Lipinski definition) is 1. The van der Waals surface area contributed by atoms with Crippen LogP contribution in [0.2, 0.25) is 0 Å². The second-order valence-electron chi connectivity index (χ2n) is 7.30. The minimum absolute atomic E-state index is 0.0313. The van der Waals surface area contributed by atoms with E-state index < -0.39 is 4.92 Å². The number of nitro benzene ring substituents is 1. The summed E-state index contributed by atoms with van der Waals surface area (Å²) >= 11 is 0. The van der Waals surface area contributed by atoms with E-state index in [1.54, 1.807) is 13.0 Å². The normalized spacial score (nSPS) is 15.6. The maximum absolute atomic E-state index is 12.2. The van der Waals surface area contributed by atoms with Gasteiger partial charge in [-0.3, -0.25) is 19.7 Å². The van der Waals surface area contributed by atoms with Gasteiger partial charge in [-0.2, -0.15) is 0 Å². The van der Waals surface area contributed by atoms with Crippen LogP contribution in [-0.4, -0.2) is 28.8 Å². The van der Waals surface area contributed by atoms with Gasteiger partial charge in [0.15, 0.2) is 5.78 Å². The highest BCUT2D eigenvalue weighted by Crippen LogP contribution is 2.27. The van der Waals surface area contributed by atoms with Crippen LogP contribution in [0.5, 0.6) is 5.75 Å². The lowest BCUT2D eigenvalue weighted by Crippen LogP contribution is -2.36. The van der Waals surface area contributed by atoms with Crippen LogP contribution in [0.1, 0.15) is 82.0 Å². The van der Waals surface area contributed by atoms with Gasteiger partial charge in [-0.25, -0.2) is 0 Å². The van der Waals surface area contributed by atoms with Gasteiger partial charge >= 0.3 is 0 Å². The number of nitro groups is 1. The highest BCUT2D eigenvalue weighted by Gasteiger charge is 2.21. The average molecular weight is 390 g/mol. The highest BCUT2D eigenvalue weighted by atomic mass is 16.6. The van der Waals surface area contributed by atoms with Gasteiger partial charge in [0, 0.05) is 18.9 Å². The van der Waals surface area contributed by atoms with Crippen LogP contribution in [0, 0.1) is 10.1 Å². The van der Waals surface area contributed by atoms with Crippen LogP contribution >= 0.6 is 0 Å². The van der Waals surface area contributed by atoms with Gasteiger partial charge in [-0.1, -0.05) is 33.1 Å². The number of benzene rings is 1. The Morgan fingerprint density at radius 3 is 2.57 bits per heavy atom. The van der Waals surface area contributed by atoms with E-state index >= 15 is 0 Å². The fourth-order valence-corrected chi connectivity index (χ4v) is 3.54. The predicted molar refractivity (Wildman–Crippen MR) is 107 cm³/mol. The van der Waals surface area contributed by atoms with Gasteiger partial charge in [0.05, 0.1) is 22.7 Å². The predicted octanol–water partition coefficient (Wildman–Crippen LogP) is 4.57. The van der Waals surface area contributed by atoms with Crippen LogP contribution in [0.3, 0.4) is 0 Å². The molecule has 1 N–H and O–H groups in total. The molecule has 0 heterocycles. The summed E-state index contributed by atoms with van der Waals surface area (Å²) in [4.78, 5) is 34.8. The first kappa shape index (κ1) is 21.9. The van der Waals surface area contributed by atoms with Crippen molar-refractivity contribution in [2.45, 2.75) is 83.8 Å². The van der Waals surface area contributed by atoms with Crippen molar-refractivity contribution in [1.29, 1.82) is 0 Å². The number of carbonyl (C=O) groups is 2. The Bertz CT molecular complexity index is 698. The Hall–Kier alpha value is -2.44. The number of Topliss-reactive ketones (excluding diaryl/α,β-unsaturated/α-hetero) is 1. The molecule has 7 nitrogen and oxygen atoms in total. The van der Waals surface area contributed by atoms with Crippen molar-refractivity contribution < 1.29 is 19.2 Å². The Morgan fingerprint density at radius 2 is 1.96 bits per heavy atom. The molecule has 0 aromatic heterocycles. The molecule has 28 heavy (non-hydrogen) atoms. The molecule has 2 rings (SSSR count). The minimum Gasteiger partial charge on any atom is -0.490 e. The van der Waals surface area contributed by atoms with Crippen molar-refractivity contribution in [1.82, 2.24) is 5.32 Å². The van der Waals surface area contributed by atoms with Crippen LogP contribution in [0.25, 0.3) is 0 Å². The van der Waals surface area contributed by atoms with Crippen molar-refractivity contribution in [3.63, 3.8) is 0 Å². The van der Waals surface area contributed by atoms with E-state index in [1.165, 1.54) is 31.4 Å². The molecule has 1 aliphatic rings. The largest absolute Gasteiger partial charge is 0.490 e. The highest BCUT2D eigenvalue weighted by molar-refractivity contribution is 5.99. The van der Waals surface area contributed by atoms with Crippen LogP contribution in [0.4, 0.5) is 5.69 Å². The van der Waals surface area contributed by atoms with Gasteiger partial charge in [-0.05, 0) is 37.8 Å². The number of nitrogens with one attached hydrogen (secondary N) is 1. The topological polar surface area (TPSA) is 98.5 Å². The third kappa shape index (κ3) is 6.32. The number of nitrogens with zero attached hydrogens (tertiary/aromatic N) is 1. The molecule has 1 aromatic rings. The first-order chi connectivity index (χ1) is 13.4. The summed E-state index contributed by atoms with van der Waals surface area (Å²) in [5.41, 5.74) is -0.144. The molecule has 0 bridgehead atoms. The van der Waals surface area contributed by atoms with E-state index in [4.69, 9.17) is 4.74 Å². The van der Waals surface area contributed by atoms with Crippen LogP contribution in [-0.2, 0) is 4.79 Å². The van der Waals surface area contributed by atoms with E-state index in [9.17, 15) is 19.7 Å². The number of ether oxygens (including phenoxy) is 1. The zero-order chi connectivity index (χ0) is 20.5. The average Bonchev–Trinajstić information content (AvgIpc) is 2.71. The lowest BCUT2D eigenvalue weighted by molar-refractivity contribution is -0.385. The van der Waals surface area contributed by atoms with Gasteiger partial charge in [0.2, 0.25) is 5.91 Å². The molecule has 0 saturated heterocycles. The molecule has 1 unspecified atom stereocenters. The lowest BCUT2D eigenvalue weighted by atomic mass is 9.95. The molecule has 1 amide bonds. The second-order valence-corrected chi connectivity index (χ2v) is 7.30. The smallest absolute Gasteiger partial charge is 0.283 e. The molecular weight excluding hydrogens is 360 g/mol. The van der Waals surface area contributed by atoms with Gasteiger partial charge in [-0.15, -0.1) is 0 Å². The van der Waals surface area contributed by atoms with Crippen LogP contribution < -0.4 is 10.1 Å². The first-order valence-electron chi connectivity index (χ1n) is 10.2. The third-order valence-corrected chi connectivity index (χ3v) is 5.21. The molecule has 7 heteroatoms. The summed E-state index contributed by atoms with van der Waals surface area (Å²) in [5, 5.41) is 14.4. The molecule has 1 atom stereocenters. The second kappa shape index (κ2) is 10.8. The summed E-state index contributed by atoms with van der Waals surface area (Å²) in [5.74, 6) is 0.104. The summed E-state index contributed by atoms with van der Waals surface area (Å²) in [6.07, 6.45) is 7.24. The maximum Gasteiger partial charge on any atom is 0.283 e. The molecule has 1 saturated carbocycles. The standard InChI is InChI=1S/C21H30N2O5/c1-3-16(11-13-21(25)22-15-8-6-5-7-9-15)28-17-10-12-18(20(24)4-2)19(14-17)23(26)27/h10,12,14-16H,3-9,11,13H2,1-2H3,(H,22,25). The summed E-state index contributed by atoms with van der Waals surface area (Å²) in [6.45, 7) is 3.62. The molecule has 1 aromatic carbocycles. The zero-order valence-corrected chi connectivity index (χ0v) is 16.7. The molecule has 154 valence electrons. The van der Waals surface area contributed by atoms with Gasteiger partial charge in [0.1, 0.15) is 5.75 Å². The van der Waals surface area contributed by atoms with Gasteiger partial charge in [0.25, 0.3) is 5.69 Å². The van der Waals surface area contributed by atoms with Crippen molar-refractivity contribution in [3.05, 3.63) is 33.9 Å². The van der Waals surface area contributed by atoms with Crippen molar-refractivity contribution in [2.24, 2.45) is 0 Å². The van der Waals surface area contributed by atoms with E-state index in [1.807, 2.05) is 6.92 Å². The minimum atomic E-state index is -0.561. The number of rotatable bonds is 10. The molecule has 0 radical (unpaired) electrons. The fourth-order valence-electron chi connectivity index (χ4n) is 3.54. The summed E-state index contributed by atoms with van der Waals surface area (Å²) < 4.78 is 5.87. The van der Waals surface area contributed by atoms with Crippen molar-refractivity contribution >= 4 is 17.4 Å². The van der Waals surface area contributed by atoms with E-state index in [-0.39, 0.29) is 41.5 Å². The molecule has 1 fully saturated rings. The van der Waals surface area contributed by atoms with Crippen LogP contribution in [0.15, 0.2) is 18.2 Å². The van der Waals surface area contributed by atoms with Gasteiger partial charge < -0.3 is 10.1 Å². The number of carbonyl (C=O) groups excluding carboxylic acids is 2. The lowest BCUT2D eigenvalue weighted by Gasteiger charge is -2.23. The Labute approximate surface area is 166 Å². The monoisotopic (exact) mass is 390 g/mol. The number of amides is 1. The maximum atomic E-state index is 12.2. The SMILES string of the molecule is CCC(=O)c1ccc(OC(CC)CCC(=O)NC2CCCCC2)cc1[N+](=O)[O-].